The summed E-state index contributed by atoms with van der Waals surface area (Å²) in [5, 5.41) is 9.28. The summed E-state index contributed by atoms with van der Waals surface area (Å²) < 4.78 is 12.5. The summed E-state index contributed by atoms with van der Waals surface area (Å²) in [6.45, 7) is 0.860. The number of fused-ring (bicyclic) bond motifs is 1. The van der Waals surface area contributed by atoms with Gasteiger partial charge < -0.3 is 9.47 Å². The van der Waals surface area contributed by atoms with Crippen LogP contribution in [0.5, 0.6) is 0 Å². The van der Waals surface area contributed by atoms with Gasteiger partial charge in [-0.15, -0.1) is 5.10 Å². The molecule has 3 rings (SSSR count). The first kappa shape index (κ1) is 11.5. The third-order valence-corrected chi connectivity index (χ3v) is 3.33. The molecule has 2 heterocycles. The number of ether oxygens (including phenoxy) is 2. The van der Waals surface area contributed by atoms with Crippen LogP contribution in [0.4, 0.5) is 0 Å². The second-order valence-corrected chi connectivity index (χ2v) is 4.77. The fourth-order valence-corrected chi connectivity index (χ4v) is 2.16. The molecule has 0 radical (unpaired) electrons. The van der Waals surface area contributed by atoms with E-state index < -0.39 is 0 Å². The van der Waals surface area contributed by atoms with Crippen molar-refractivity contribution in [1.82, 2.24) is 15.0 Å². The highest BCUT2D eigenvalue weighted by molar-refractivity contribution is 9.09. The highest BCUT2D eigenvalue weighted by Crippen LogP contribution is 2.26. The Labute approximate surface area is 112 Å². The highest BCUT2D eigenvalue weighted by Gasteiger charge is 2.16. The van der Waals surface area contributed by atoms with Crippen LogP contribution in [0.1, 0.15) is 18.3 Å². The van der Waals surface area contributed by atoms with Gasteiger partial charge in [-0.05, 0) is 24.6 Å². The second-order valence-electron chi connectivity index (χ2n) is 3.98. The average Bonchev–Trinajstić information content (AvgIpc) is 3.05. The smallest absolute Gasteiger partial charge is 0.266 e. The first-order chi connectivity index (χ1) is 8.88. The molecule has 1 aliphatic rings. The van der Waals surface area contributed by atoms with E-state index in [2.05, 4.69) is 26.2 Å². The predicted octanol–water partition coefficient (Wildman–Crippen LogP) is 2.73. The van der Waals surface area contributed by atoms with Gasteiger partial charge in [-0.25, -0.2) is 4.68 Å². The number of hydrogen-bond acceptors (Lipinski definition) is 4. The molecule has 0 aliphatic carbocycles. The molecular weight excluding hydrogens is 298 g/mol. The number of aryl methyl sites for hydroxylation is 1. The van der Waals surface area contributed by atoms with Gasteiger partial charge in [0.25, 0.3) is 6.29 Å². The van der Waals surface area contributed by atoms with Gasteiger partial charge >= 0.3 is 0 Å². The van der Waals surface area contributed by atoms with Crippen molar-refractivity contribution >= 4 is 27.0 Å². The number of rotatable bonds is 4. The lowest BCUT2D eigenvalue weighted by Crippen LogP contribution is -2.01. The van der Waals surface area contributed by atoms with E-state index in [4.69, 9.17) is 9.47 Å². The summed E-state index contributed by atoms with van der Waals surface area (Å²) in [4.78, 5) is 0. The molecule has 0 bridgehead atoms. The van der Waals surface area contributed by atoms with Crippen molar-refractivity contribution in [2.24, 2.45) is 0 Å². The summed E-state index contributed by atoms with van der Waals surface area (Å²) in [7, 11) is 0. The maximum absolute atomic E-state index is 5.30. The Hall–Kier alpha value is -1.56. The minimum Gasteiger partial charge on any atom is -0.455 e. The Bertz CT molecular complexity index is 574. The molecule has 94 valence electrons. The van der Waals surface area contributed by atoms with E-state index in [1.54, 1.807) is 12.5 Å². The molecule has 1 aromatic carbocycles. The molecule has 0 N–H and O–H groups in total. The lowest BCUT2D eigenvalue weighted by molar-refractivity contribution is -0.0245. The molecule has 0 spiro atoms. The van der Waals surface area contributed by atoms with Crippen LogP contribution in [0, 0.1) is 0 Å². The van der Waals surface area contributed by atoms with E-state index in [1.165, 1.54) is 0 Å². The fourth-order valence-electron chi connectivity index (χ4n) is 1.91. The molecule has 0 saturated heterocycles. The van der Waals surface area contributed by atoms with Gasteiger partial charge in [0.1, 0.15) is 18.0 Å². The van der Waals surface area contributed by atoms with Crippen molar-refractivity contribution in [3.63, 3.8) is 0 Å². The molecule has 0 unspecified atom stereocenters. The summed E-state index contributed by atoms with van der Waals surface area (Å²) in [6.07, 6.45) is 3.75. The predicted molar refractivity (Wildman–Crippen MR) is 70.0 cm³/mol. The van der Waals surface area contributed by atoms with Gasteiger partial charge in [-0.2, -0.15) is 0 Å². The highest BCUT2D eigenvalue weighted by atomic mass is 79.9. The fraction of sp³-hybridized carbons (Fsp3) is 0.333. The zero-order chi connectivity index (χ0) is 12.4. The monoisotopic (exact) mass is 309 g/mol. The van der Waals surface area contributed by atoms with Crippen molar-refractivity contribution in [2.45, 2.75) is 19.3 Å². The maximum Gasteiger partial charge on any atom is 0.266 e. The van der Waals surface area contributed by atoms with Crippen LogP contribution in [0.15, 0.2) is 30.7 Å². The van der Waals surface area contributed by atoms with Crippen LogP contribution in [0.25, 0.3) is 11.0 Å². The number of alkyl halides is 1. The summed E-state index contributed by atoms with van der Waals surface area (Å²) in [5.74, 6) is 0. The zero-order valence-corrected chi connectivity index (χ0v) is 11.2. The van der Waals surface area contributed by atoms with Crippen LogP contribution in [-0.4, -0.2) is 20.3 Å². The van der Waals surface area contributed by atoms with E-state index in [9.17, 15) is 0 Å². The van der Waals surface area contributed by atoms with Crippen LogP contribution in [-0.2, 0) is 16.0 Å². The standard InChI is InChI=1S/C12H12BrN3O2/c13-4-1-5-16-11-3-2-9(8-10(11)14-15-16)12-17-6-7-18-12/h2-3,6-8,12H,1,4-5H2. The molecule has 18 heavy (non-hydrogen) atoms. The molecule has 0 amide bonds. The molecule has 0 saturated carbocycles. The van der Waals surface area contributed by atoms with Gasteiger partial charge in [0.15, 0.2) is 0 Å². The van der Waals surface area contributed by atoms with E-state index in [-0.39, 0.29) is 6.29 Å². The molecule has 5 nitrogen and oxygen atoms in total. The van der Waals surface area contributed by atoms with Crippen molar-refractivity contribution < 1.29 is 9.47 Å². The van der Waals surface area contributed by atoms with Gasteiger partial charge in [-0.1, -0.05) is 21.1 Å². The zero-order valence-electron chi connectivity index (χ0n) is 9.62. The van der Waals surface area contributed by atoms with Crippen molar-refractivity contribution in [2.75, 3.05) is 5.33 Å². The van der Waals surface area contributed by atoms with Crippen molar-refractivity contribution in [3.8, 4) is 0 Å². The Balaban J connectivity index is 1.89. The van der Waals surface area contributed by atoms with Gasteiger partial charge in [0.05, 0.1) is 5.52 Å². The molecule has 0 atom stereocenters. The number of halogens is 1. The maximum atomic E-state index is 5.30. The molecule has 2 aromatic rings. The number of aromatic nitrogens is 3. The third kappa shape index (κ3) is 2.08. The van der Waals surface area contributed by atoms with Gasteiger partial charge in [-0.3, -0.25) is 0 Å². The van der Waals surface area contributed by atoms with E-state index in [0.29, 0.717) is 0 Å². The Kier molecular flexibility index (Phi) is 3.19. The minimum absolute atomic E-state index is 0.359. The molecular formula is C12H12BrN3O2. The lowest BCUT2D eigenvalue weighted by atomic mass is 10.2. The van der Waals surface area contributed by atoms with Crippen LogP contribution < -0.4 is 0 Å². The first-order valence-corrected chi connectivity index (χ1v) is 6.86. The topological polar surface area (TPSA) is 49.2 Å². The first-order valence-electron chi connectivity index (χ1n) is 5.73. The molecule has 1 aliphatic heterocycles. The van der Waals surface area contributed by atoms with E-state index in [0.717, 1.165) is 34.9 Å². The summed E-state index contributed by atoms with van der Waals surface area (Å²) >= 11 is 3.41. The SMILES string of the molecule is BrCCCn1nnc2cc(C3OC=CO3)ccc21. The van der Waals surface area contributed by atoms with Crippen LogP contribution in [0.3, 0.4) is 0 Å². The summed E-state index contributed by atoms with van der Waals surface area (Å²) in [5.41, 5.74) is 2.84. The van der Waals surface area contributed by atoms with E-state index in [1.807, 2.05) is 22.9 Å². The lowest BCUT2D eigenvalue weighted by Gasteiger charge is -2.09. The summed E-state index contributed by atoms with van der Waals surface area (Å²) in [6, 6.07) is 5.93. The Morgan fingerprint density at radius 2 is 2.11 bits per heavy atom. The van der Waals surface area contributed by atoms with Crippen LogP contribution in [0.2, 0.25) is 0 Å². The van der Waals surface area contributed by atoms with Crippen LogP contribution >= 0.6 is 15.9 Å². The average molecular weight is 310 g/mol. The second kappa shape index (κ2) is 4.97. The largest absolute Gasteiger partial charge is 0.455 e. The number of benzene rings is 1. The Morgan fingerprint density at radius 1 is 1.28 bits per heavy atom. The molecule has 1 aromatic heterocycles. The van der Waals surface area contributed by atoms with Crippen molar-refractivity contribution in [3.05, 3.63) is 36.3 Å². The minimum atomic E-state index is -0.359. The molecule has 0 fully saturated rings. The third-order valence-electron chi connectivity index (χ3n) is 2.77. The van der Waals surface area contributed by atoms with Crippen molar-refractivity contribution in [1.29, 1.82) is 0 Å². The molecule has 6 heteroatoms. The normalized spacial score (nSPS) is 14.9. The van der Waals surface area contributed by atoms with Gasteiger partial charge in [0.2, 0.25) is 0 Å². The van der Waals surface area contributed by atoms with Gasteiger partial charge in [0, 0.05) is 17.4 Å². The quantitative estimate of drug-likeness (QED) is 0.815. The van der Waals surface area contributed by atoms with E-state index >= 15 is 0 Å². The number of hydrogen-bond donors (Lipinski definition) is 0. The Morgan fingerprint density at radius 3 is 2.89 bits per heavy atom. The number of nitrogens with zero attached hydrogens (tertiary/aromatic N) is 3.